The highest BCUT2D eigenvalue weighted by Gasteiger charge is 2.43. The van der Waals surface area contributed by atoms with Crippen LogP contribution in [0.1, 0.15) is 0 Å². The van der Waals surface area contributed by atoms with Crippen LogP contribution in [0.5, 0.6) is 0 Å². The van der Waals surface area contributed by atoms with Gasteiger partial charge in [-0.15, -0.1) is 0 Å². The van der Waals surface area contributed by atoms with Crippen molar-refractivity contribution in [2.24, 2.45) is 0 Å². The minimum Gasteiger partial charge on any atom is -0.309 e. The van der Waals surface area contributed by atoms with Gasteiger partial charge in [-0.05, 0) is 94.5 Å². The molecule has 9 aromatic rings. The van der Waals surface area contributed by atoms with Crippen molar-refractivity contribution in [2.45, 2.75) is 0 Å². The van der Waals surface area contributed by atoms with E-state index in [0.717, 1.165) is 77.5 Å². The van der Waals surface area contributed by atoms with Gasteiger partial charge in [0.15, 0.2) is 0 Å². The highest BCUT2D eigenvalue weighted by atomic mass is 31.2. The molecule has 1 atom stereocenters. The lowest BCUT2D eigenvalue weighted by Crippen LogP contribution is -2.33. The average Bonchev–Trinajstić information content (AvgIpc) is 3.55. The number of rotatable bonds is 5. The molecular weight excluding hydrogens is 652 g/mol. The molecule has 52 heavy (non-hydrogen) atoms. The molecule has 0 saturated heterocycles. The van der Waals surface area contributed by atoms with E-state index in [9.17, 15) is 0 Å². The normalized spacial score (nSPS) is 15.0. The first-order valence-electron chi connectivity index (χ1n) is 17.6. The fourth-order valence-corrected chi connectivity index (χ4v) is 11.0. The SMILES string of the molecule is O=P1(c2ccccc2)c2ccccc2-c2cc3c4ccccc4n(-c4cc(-c5ccccc5)cc(-c5ccccc5)c4)c3cc2N1c1ccccc1. The molecule has 10 rings (SSSR count). The summed E-state index contributed by atoms with van der Waals surface area (Å²) in [6.07, 6.45) is 0. The van der Waals surface area contributed by atoms with E-state index >= 15 is 4.57 Å². The van der Waals surface area contributed by atoms with Crippen LogP contribution in [0, 0.1) is 0 Å². The Balaban J connectivity index is 1.32. The fourth-order valence-electron chi connectivity index (χ4n) is 7.99. The number of fused-ring (bicyclic) bond motifs is 6. The number of aromatic nitrogens is 1. The average molecular weight is 685 g/mol. The maximum atomic E-state index is 16.1. The molecule has 0 N–H and O–H groups in total. The van der Waals surface area contributed by atoms with E-state index in [1.165, 1.54) is 5.39 Å². The van der Waals surface area contributed by atoms with Crippen molar-refractivity contribution in [2.75, 3.05) is 4.67 Å². The molecule has 1 aliphatic heterocycles. The summed E-state index contributed by atoms with van der Waals surface area (Å²) in [7, 11) is -3.39. The zero-order chi connectivity index (χ0) is 34.6. The van der Waals surface area contributed by atoms with Gasteiger partial charge in [0.25, 0.3) is 0 Å². The summed E-state index contributed by atoms with van der Waals surface area (Å²) in [5.74, 6) is 0. The van der Waals surface area contributed by atoms with Crippen molar-refractivity contribution >= 4 is 51.1 Å². The number of hydrogen-bond donors (Lipinski definition) is 0. The third kappa shape index (κ3) is 4.71. The zero-order valence-corrected chi connectivity index (χ0v) is 29.2. The third-order valence-electron chi connectivity index (χ3n) is 10.3. The molecule has 4 heteroatoms. The monoisotopic (exact) mass is 684 g/mol. The Morgan fingerprint density at radius 3 is 1.62 bits per heavy atom. The maximum Gasteiger partial charge on any atom is 0.234 e. The van der Waals surface area contributed by atoms with Gasteiger partial charge in [0.1, 0.15) is 0 Å². The van der Waals surface area contributed by atoms with Crippen LogP contribution in [0.15, 0.2) is 200 Å². The molecule has 2 heterocycles. The number of hydrogen-bond acceptors (Lipinski definition) is 1. The summed E-state index contributed by atoms with van der Waals surface area (Å²) in [6.45, 7) is 0. The van der Waals surface area contributed by atoms with Gasteiger partial charge in [-0.1, -0.05) is 133 Å². The van der Waals surface area contributed by atoms with Crippen LogP contribution in [0.4, 0.5) is 11.4 Å². The third-order valence-corrected chi connectivity index (χ3v) is 13.4. The summed E-state index contributed by atoms with van der Waals surface area (Å²) in [5.41, 5.74) is 11.8. The molecule has 0 amide bonds. The van der Waals surface area contributed by atoms with Crippen LogP contribution in [0.2, 0.25) is 0 Å². The molecule has 8 aromatic carbocycles. The van der Waals surface area contributed by atoms with Crippen LogP contribution in [0.25, 0.3) is 60.9 Å². The number of benzene rings is 8. The first kappa shape index (κ1) is 30.4. The Hall–Kier alpha value is -6.41. The smallest absolute Gasteiger partial charge is 0.234 e. The van der Waals surface area contributed by atoms with E-state index in [0.29, 0.717) is 0 Å². The van der Waals surface area contributed by atoms with Crippen molar-refractivity contribution in [3.05, 3.63) is 200 Å². The second kappa shape index (κ2) is 12.1. The van der Waals surface area contributed by atoms with Gasteiger partial charge in [0.05, 0.1) is 16.7 Å². The fraction of sp³-hybridized carbons (Fsp3) is 0. The van der Waals surface area contributed by atoms with Crippen LogP contribution >= 0.6 is 7.29 Å². The van der Waals surface area contributed by atoms with E-state index in [1.807, 2.05) is 54.6 Å². The first-order valence-corrected chi connectivity index (χ1v) is 19.3. The molecule has 1 aliphatic rings. The van der Waals surface area contributed by atoms with Crippen molar-refractivity contribution in [3.8, 4) is 39.1 Å². The Morgan fingerprint density at radius 1 is 0.385 bits per heavy atom. The second-order valence-corrected chi connectivity index (χ2v) is 15.9. The Morgan fingerprint density at radius 2 is 0.942 bits per heavy atom. The summed E-state index contributed by atoms with van der Waals surface area (Å²) >= 11 is 0. The predicted molar refractivity (Wildman–Crippen MR) is 219 cm³/mol. The van der Waals surface area contributed by atoms with Crippen molar-refractivity contribution in [1.82, 2.24) is 4.57 Å². The molecule has 0 fully saturated rings. The van der Waals surface area contributed by atoms with Crippen molar-refractivity contribution in [1.29, 1.82) is 0 Å². The molecule has 246 valence electrons. The molecule has 0 radical (unpaired) electrons. The van der Waals surface area contributed by atoms with Crippen LogP contribution in [-0.2, 0) is 4.57 Å². The number of para-hydroxylation sites is 2. The van der Waals surface area contributed by atoms with E-state index in [-0.39, 0.29) is 0 Å². The lowest BCUT2D eigenvalue weighted by molar-refractivity contribution is 0.587. The van der Waals surface area contributed by atoms with E-state index in [4.69, 9.17) is 0 Å². The molecule has 0 bridgehead atoms. The van der Waals surface area contributed by atoms with Gasteiger partial charge in [-0.2, -0.15) is 0 Å². The Kier molecular flexibility index (Phi) is 7.09. The molecule has 1 aromatic heterocycles. The molecular formula is C48H33N2OP. The van der Waals surface area contributed by atoms with Gasteiger partial charge in [-0.25, -0.2) is 0 Å². The summed E-state index contributed by atoms with van der Waals surface area (Å²) < 4.78 is 20.6. The van der Waals surface area contributed by atoms with Crippen LogP contribution in [-0.4, -0.2) is 4.57 Å². The standard InChI is InChI=1S/C48H33N2OP/c51-52(40-23-11-4-12-24-40)48-28-16-14-26-42(48)44-32-43-41-25-13-15-27-45(41)49(46(43)33-47(44)50(52)38-21-9-3-10-22-38)39-30-36(34-17-5-1-6-18-34)29-37(31-39)35-19-7-2-8-20-35/h1-33H. The topological polar surface area (TPSA) is 25.2 Å². The van der Waals surface area contributed by atoms with Crippen LogP contribution < -0.4 is 15.3 Å². The first-order chi connectivity index (χ1) is 25.7. The van der Waals surface area contributed by atoms with Gasteiger partial charge in [0, 0.05) is 38.3 Å². The Bertz CT molecular complexity index is 2750. The van der Waals surface area contributed by atoms with E-state index in [1.54, 1.807) is 0 Å². The van der Waals surface area contributed by atoms with Gasteiger partial charge >= 0.3 is 0 Å². The molecule has 0 saturated carbocycles. The molecule has 3 nitrogen and oxygen atoms in total. The van der Waals surface area contributed by atoms with E-state index in [2.05, 4.69) is 155 Å². The minimum atomic E-state index is -3.39. The summed E-state index contributed by atoms with van der Waals surface area (Å²) in [5, 5.41) is 3.98. The predicted octanol–water partition coefficient (Wildman–Crippen LogP) is 12.2. The zero-order valence-electron chi connectivity index (χ0n) is 28.3. The van der Waals surface area contributed by atoms with Crippen molar-refractivity contribution in [3.63, 3.8) is 0 Å². The van der Waals surface area contributed by atoms with Crippen LogP contribution in [0.3, 0.4) is 0 Å². The highest BCUT2D eigenvalue weighted by Crippen LogP contribution is 2.61. The highest BCUT2D eigenvalue weighted by molar-refractivity contribution is 7.80. The van der Waals surface area contributed by atoms with E-state index < -0.39 is 7.29 Å². The second-order valence-electron chi connectivity index (χ2n) is 13.3. The molecule has 1 unspecified atom stereocenters. The molecule has 0 aliphatic carbocycles. The van der Waals surface area contributed by atoms with Gasteiger partial charge in [-0.3, -0.25) is 9.24 Å². The molecule has 0 spiro atoms. The quantitative estimate of drug-likeness (QED) is 0.169. The number of anilines is 2. The summed E-state index contributed by atoms with van der Waals surface area (Å²) in [6, 6.07) is 69.8. The lowest BCUT2D eigenvalue weighted by atomic mass is 9.97. The Labute approximate surface area is 303 Å². The minimum absolute atomic E-state index is 0.806. The maximum absolute atomic E-state index is 16.1. The van der Waals surface area contributed by atoms with Gasteiger partial charge in [0.2, 0.25) is 7.29 Å². The largest absolute Gasteiger partial charge is 0.309 e. The van der Waals surface area contributed by atoms with Crippen molar-refractivity contribution < 1.29 is 4.57 Å². The summed E-state index contributed by atoms with van der Waals surface area (Å²) in [4.78, 5) is 0. The number of nitrogens with zero attached hydrogens (tertiary/aromatic N) is 2. The lowest BCUT2D eigenvalue weighted by Gasteiger charge is -2.40. The van der Waals surface area contributed by atoms with Gasteiger partial charge < -0.3 is 4.57 Å².